The van der Waals surface area contributed by atoms with E-state index in [1.807, 2.05) is 14.0 Å². The van der Waals surface area contributed by atoms with Gasteiger partial charge >= 0.3 is 0 Å². The molecule has 0 aromatic carbocycles. The molecule has 19 heavy (non-hydrogen) atoms. The van der Waals surface area contributed by atoms with Crippen LogP contribution >= 0.6 is 11.6 Å². The van der Waals surface area contributed by atoms with Crippen molar-refractivity contribution in [3.05, 3.63) is 40.7 Å². The van der Waals surface area contributed by atoms with E-state index in [-0.39, 0.29) is 6.04 Å². The lowest BCUT2D eigenvalue weighted by Crippen LogP contribution is -2.24. The molecule has 0 bridgehead atoms. The predicted molar refractivity (Wildman–Crippen MR) is 75.1 cm³/mol. The zero-order valence-corrected chi connectivity index (χ0v) is 12.1. The molecule has 0 spiro atoms. The largest absolute Gasteiger partial charge is 0.309 e. The fourth-order valence-corrected chi connectivity index (χ4v) is 2.38. The summed E-state index contributed by atoms with van der Waals surface area (Å²) in [6.45, 7) is 4.90. The zero-order chi connectivity index (χ0) is 13.8. The Kier molecular flexibility index (Phi) is 4.50. The van der Waals surface area contributed by atoms with Crippen molar-refractivity contribution in [1.82, 2.24) is 25.1 Å². The van der Waals surface area contributed by atoms with Crippen molar-refractivity contribution >= 4 is 11.6 Å². The standard InChI is InChI=1S/C13H18ClN5/c1-4-16-11(12-8-15-5-6-17-12)7-10-9(2)18-19(3)13(10)14/h5-6,8,11,16H,4,7H2,1-3H3. The van der Waals surface area contributed by atoms with E-state index in [9.17, 15) is 0 Å². The van der Waals surface area contributed by atoms with Gasteiger partial charge < -0.3 is 5.32 Å². The molecule has 0 aliphatic rings. The maximum absolute atomic E-state index is 6.28. The molecule has 2 aromatic heterocycles. The van der Waals surface area contributed by atoms with Crippen LogP contribution in [0.15, 0.2) is 18.6 Å². The van der Waals surface area contributed by atoms with Gasteiger partial charge in [-0.1, -0.05) is 18.5 Å². The first kappa shape index (κ1) is 14.0. The number of hydrogen-bond donors (Lipinski definition) is 1. The quantitative estimate of drug-likeness (QED) is 0.910. The Hall–Kier alpha value is -1.46. The molecule has 102 valence electrons. The van der Waals surface area contributed by atoms with Crippen molar-refractivity contribution < 1.29 is 0 Å². The average Bonchev–Trinajstić information content (AvgIpc) is 2.65. The SMILES string of the molecule is CCNC(Cc1c(C)nn(C)c1Cl)c1cnccn1. The number of likely N-dealkylation sites (N-methyl/N-ethyl adjacent to an activating group) is 1. The Morgan fingerprint density at radius 3 is 2.74 bits per heavy atom. The molecule has 5 nitrogen and oxygen atoms in total. The first-order chi connectivity index (χ1) is 9.13. The lowest BCUT2D eigenvalue weighted by atomic mass is 10.0. The Labute approximate surface area is 118 Å². The van der Waals surface area contributed by atoms with E-state index in [1.165, 1.54) is 0 Å². The summed E-state index contributed by atoms with van der Waals surface area (Å²) in [6.07, 6.45) is 5.92. The second-order valence-electron chi connectivity index (χ2n) is 4.42. The van der Waals surface area contributed by atoms with Crippen molar-refractivity contribution in [3.8, 4) is 0 Å². The number of aromatic nitrogens is 4. The lowest BCUT2D eigenvalue weighted by molar-refractivity contribution is 0.533. The molecule has 0 saturated heterocycles. The number of aryl methyl sites for hydroxylation is 2. The molecule has 6 heteroatoms. The molecule has 0 radical (unpaired) electrons. The number of nitrogens with one attached hydrogen (secondary N) is 1. The summed E-state index contributed by atoms with van der Waals surface area (Å²) in [5.41, 5.74) is 2.93. The van der Waals surface area contributed by atoms with E-state index in [2.05, 4.69) is 27.3 Å². The Morgan fingerprint density at radius 1 is 1.42 bits per heavy atom. The van der Waals surface area contributed by atoms with Gasteiger partial charge in [-0.05, 0) is 19.9 Å². The minimum absolute atomic E-state index is 0.0964. The molecule has 1 atom stereocenters. The van der Waals surface area contributed by atoms with Gasteiger partial charge in [-0.2, -0.15) is 5.10 Å². The van der Waals surface area contributed by atoms with Crippen LogP contribution in [0.4, 0.5) is 0 Å². The zero-order valence-electron chi connectivity index (χ0n) is 11.4. The van der Waals surface area contributed by atoms with Gasteiger partial charge in [0.25, 0.3) is 0 Å². The van der Waals surface area contributed by atoms with E-state index in [0.29, 0.717) is 5.15 Å². The monoisotopic (exact) mass is 279 g/mol. The van der Waals surface area contributed by atoms with Crippen molar-refractivity contribution in [3.63, 3.8) is 0 Å². The van der Waals surface area contributed by atoms with Gasteiger partial charge in [-0.3, -0.25) is 14.6 Å². The topological polar surface area (TPSA) is 55.6 Å². The van der Waals surface area contributed by atoms with Gasteiger partial charge in [-0.25, -0.2) is 0 Å². The summed E-state index contributed by atoms with van der Waals surface area (Å²) in [6, 6.07) is 0.0964. The Morgan fingerprint density at radius 2 is 2.21 bits per heavy atom. The minimum atomic E-state index is 0.0964. The number of hydrogen-bond acceptors (Lipinski definition) is 4. The van der Waals surface area contributed by atoms with Crippen LogP contribution in [0, 0.1) is 6.92 Å². The van der Waals surface area contributed by atoms with E-state index in [1.54, 1.807) is 23.3 Å². The molecule has 2 aromatic rings. The van der Waals surface area contributed by atoms with E-state index in [4.69, 9.17) is 11.6 Å². The highest BCUT2D eigenvalue weighted by atomic mass is 35.5. The summed E-state index contributed by atoms with van der Waals surface area (Å²) in [7, 11) is 1.85. The molecular formula is C13H18ClN5. The van der Waals surface area contributed by atoms with E-state index >= 15 is 0 Å². The minimum Gasteiger partial charge on any atom is -0.309 e. The number of nitrogens with zero attached hydrogens (tertiary/aromatic N) is 4. The third-order valence-electron chi connectivity index (χ3n) is 3.07. The fourth-order valence-electron chi connectivity index (χ4n) is 2.13. The predicted octanol–water partition coefficient (Wildman–Crippen LogP) is 2.07. The first-order valence-electron chi connectivity index (χ1n) is 6.30. The second kappa shape index (κ2) is 6.12. The highest BCUT2D eigenvalue weighted by molar-refractivity contribution is 6.30. The van der Waals surface area contributed by atoms with Crippen LogP contribution in [-0.2, 0) is 13.5 Å². The highest BCUT2D eigenvalue weighted by Gasteiger charge is 2.19. The van der Waals surface area contributed by atoms with Gasteiger partial charge in [0.1, 0.15) is 5.15 Å². The molecular weight excluding hydrogens is 262 g/mol. The molecule has 0 saturated carbocycles. The summed E-state index contributed by atoms with van der Waals surface area (Å²) >= 11 is 6.28. The van der Waals surface area contributed by atoms with Crippen molar-refractivity contribution in [2.75, 3.05) is 6.54 Å². The van der Waals surface area contributed by atoms with Crippen LogP contribution in [0.5, 0.6) is 0 Å². The van der Waals surface area contributed by atoms with Crippen LogP contribution < -0.4 is 5.32 Å². The number of halogens is 1. The molecule has 0 aliphatic carbocycles. The van der Waals surface area contributed by atoms with Crippen molar-refractivity contribution in [1.29, 1.82) is 0 Å². The van der Waals surface area contributed by atoms with Crippen LogP contribution in [0.25, 0.3) is 0 Å². The number of rotatable bonds is 5. The second-order valence-corrected chi connectivity index (χ2v) is 4.78. The lowest BCUT2D eigenvalue weighted by Gasteiger charge is -2.16. The van der Waals surface area contributed by atoms with Gasteiger partial charge in [0, 0.05) is 31.2 Å². The third kappa shape index (κ3) is 3.11. The van der Waals surface area contributed by atoms with Gasteiger partial charge in [0.05, 0.1) is 17.4 Å². The molecule has 1 unspecified atom stereocenters. The smallest absolute Gasteiger partial charge is 0.130 e. The van der Waals surface area contributed by atoms with E-state index in [0.717, 1.165) is 29.9 Å². The summed E-state index contributed by atoms with van der Waals surface area (Å²) in [4.78, 5) is 8.49. The maximum atomic E-state index is 6.28. The van der Waals surface area contributed by atoms with Gasteiger partial charge in [0.2, 0.25) is 0 Å². The van der Waals surface area contributed by atoms with Crippen molar-refractivity contribution in [2.24, 2.45) is 7.05 Å². The van der Waals surface area contributed by atoms with Gasteiger partial charge in [0.15, 0.2) is 0 Å². The van der Waals surface area contributed by atoms with Crippen molar-refractivity contribution in [2.45, 2.75) is 26.3 Å². The highest BCUT2D eigenvalue weighted by Crippen LogP contribution is 2.24. The molecule has 0 amide bonds. The fraction of sp³-hybridized carbons (Fsp3) is 0.462. The van der Waals surface area contributed by atoms with Crippen LogP contribution in [-0.4, -0.2) is 26.3 Å². The Balaban J connectivity index is 2.26. The van der Waals surface area contributed by atoms with Crippen LogP contribution in [0.1, 0.15) is 29.9 Å². The summed E-state index contributed by atoms with van der Waals surface area (Å²) in [5.74, 6) is 0. The summed E-state index contributed by atoms with van der Waals surface area (Å²) < 4.78 is 1.70. The molecule has 1 N–H and O–H groups in total. The molecule has 2 heterocycles. The van der Waals surface area contributed by atoms with Gasteiger partial charge in [-0.15, -0.1) is 0 Å². The first-order valence-corrected chi connectivity index (χ1v) is 6.68. The normalized spacial score (nSPS) is 12.6. The van der Waals surface area contributed by atoms with Crippen LogP contribution in [0.3, 0.4) is 0 Å². The Bertz CT molecular complexity index is 537. The molecule has 2 rings (SSSR count). The maximum Gasteiger partial charge on any atom is 0.130 e. The summed E-state index contributed by atoms with van der Waals surface area (Å²) in [5, 5.41) is 8.44. The molecule has 0 aliphatic heterocycles. The third-order valence-corrected chi connectivity index (χ3v) is 3.54. The molecule has 0 fully saturated rings. The average molecular weight is 280 g/mol. The van der Waals surface area contributed by atoms with Crippen LogP contribution in [0.2, 0.25) is 5.15 Å². The van der Waals surface area contributed by atoms with E-state index < -0.39 is 0 Å².